The van der Waals surface area contributed by atoms with Crippen LogP contribution in [0.25, 0.3) is 10.9 Å². The van der Waals surface area contributed by atoms with E-state index >= 15 is 0 Å². The van der Waals surface area contributed by atoms with E-state index in [4.69, 9.17) is 4.74 Å². The highest BCUT2D eigenvalue weighted by Crippen LogP contribution is 2.46. The first kappa shape index (κ1) is 18.2. The predicted molar refractivity (Wildman–Crippen MR) is 113 cm³/mol. The van der Waals surface area contributed by atoms with Gasteiger partial charge in [-0.2, -0.15) is 0 Å². The van der Waals surface area contributed by atoms with Crippen LogP contribution in [0.5, 0.6) is 5.75 Å². The zero-order valence-corrected chi connectivity index (χ0v) is 16.5. The Morgan fingerprint density at radius 2 is 2.00 bits per heavy atom. The number of hydrogen-bond donors (Lipinski definition) is 2. The summed E-state index contributed by atoms with van der Waals surface area (Å²) in [4.78, 5) is 28.2. The lowest BCUT2D eigenvalue weighted by Crippen LogP contribution is -2.38. The van der Waals surface area contributed by atoms with Gasteiger partial charge in [0.05, 0.1) is 18.0 Å². The molecule has 1 fully saturated rings. The average molecular weight is 391 g/mol. The monoisotopic (exact) mass is 391 g/mol. The van der Waals surface area contributed by atoms with Gasteiger partial charge in [0.1, 0.15) is 5.75 Å². The number of rotatable bonds is 4. The SMILES string of the molecule is COc1cccc2c1[C@@H]1C(CCn3c(=O)[nH]c4ccccc4c3=O)NC[C@H]1CC2. The molecule has 2 N–H and O–H groups in total. The second-order valence-corrected chi connectivity index (χ2v) is 8.09. The number of aromatic amines is 1. The Bertz CT molecular complexity index is 1170. The van der Waals surface area contributed by atoms with E-state index in [9.17, 15) is 9.59 Å². The fraction of sp³-hybridized carbons (Fsp3) is 0.391. The third kappa shape index (κ3) is 2.99. The summed E-state index contributed by atoms with van der Waals surface area (Å²) < 4.78 is 7.02. The van der Waals surface area contributed by atoms with Crippen LogP contribution in [0.1, 0.15) is 29.9 Å². The zero-order chi connectivity index (χ0) is 20.0. The lowest BCUT2D eigenvalue weighted by atomic mass is 9.73. The largest absolute Gasteiger partial charge is 0.496 e. The fourth-order valence-corrected chi connectivity index (χ4v) is 5.26. The molecule has 6 nitrogen and oxygen atoms in total. The van der Waals surface area contributed by atoms with Gasteiger partial charge in [-0.25, -0.2) is 4.79 Å². The summed E-state index contributed by atoms with van der Waals surface area (Å²) >= 11 is 0. The van der Waals surface area contributed by atoms with E-state index in [0.717, 1.165) is 31.6 Å². The Morgan fingerprint density at radius 3 is 2.86 bits per heavy atom. The Hall–Kier alpha value is -2.86. The number of methoxy groups -OCH3 is 1. The standard InChI is InChI=1S/C23H25N3O3/c1-29-19-8-4-5-14-9-10-15-13-24-18(20(15)21(14)19)11-12-26-22(27)16-6-2-3-7-17(16)25-23(26)28/h2-8,15,18,20,24H,9-13H2,1H3,(H,25,28)/t15-,18?,20+/m1/s1. The molecule has 2 aromatic carbocycles. The lowest BCUT2D eigenvalue weighted by molar-refractivity contribution is 0.358. The summed E-state index contributed by atoms with van der Waals surface area (Å²) in [5.41, 5.74) is 2.69. The molecule has 0 radical (unpaired) electrons. The molecule has 0 spiro atoms. The Balaban J connectivity index is 1.46. The van der Waals surface area contributed by atoms with E-state index < -0.39 is 0 Å². The van der Waals surface area contributed by atoms with Gasteiger partial charge in [-0.3, -0.25) is 9.36 Å². The Labute approximate surface area is 168 Å². The molecule has 1 aliphatic carbocycles. The Kier molecular flexibility index (Phi) is 4.51. The molecule has 6 heteroatoms. The maximum Gasteiger partial charge on any atom is 0.328 e. The summed E-state index contributed by atoms with van der Waals surface area (Å²) in [5.74, 6) is 1.87. The second-order valence-electron chi connectivity index (χ2n) is 8.09. The molecular formula is C23H25N3O3. The van der Waals surface area contributed by atoms with E-state index in [0.29, 0.717) is 29.3 Å². The molecule has 0 bridgehead atoms. The first-order valence-electron chi connectivity index (χ1n) is 10.3. The molecule has 29 heavy (non-hydrogen) atoms. The molecule has 0 amide bonds. The highest BCUT2D eigenvalue weighted by Gasteiger charge is 2.41. The third-order valence-electron chi connectivity index (χ3n) is 6.63. The molecule has 1 aliphatic heterocycles. The predicted octanol–water partition coefficient (Wildman–Crippen LogP) is 2.41. The van der Waals surface area contributed by atoms with Gasteiger partial charge in [0.15, 0.2) is 0 Å². The lowest BCUT2D eigenvalue weighted by Gasteiger charge is -2.32. The van der Waals surface area contributed by atoms with Crippen LogP contribution in [0.2, 0.25) is 0 Å². The first-order valence-corrected chi connectivity index (χ1v) is 10.3. The zero-order valence-electron chi connectivity index (χ0n) is 16.5. The number of benzene rings is 2. The van der Waals surface area contributed by atoms with Gasteiger partial charge in [0, 0.05) is 24.1 Å². The smallest absolute Gasteiger partial charge is 0.328 e. The third-order valence-corrected chi connectivity index (χ3v) is 6.63. The number of H-pyrrole nitrogens is 1. The van der Waals surface area contributed by atoms with Gasteiger partial charge in [-0.1, -0.05) is 24.3 Å². The number of fused-ring (bicyclic) bond motifs is 4. The number of aryl methyl sites for hydroxylation is 1. The quantitative estimate of drug-likeness (QED) is 0.716. The van der Waals surface area contributed by atoms with E-state index in [1.165, 1.54) is 15.7 Å². The van der Waals surface area contributed by atoms with Gasteiger partial charge in [0.25, 0.3) is 5.56 Å². The highest BCUT2D eigenvalue weighted by atomic mass is 16.5. The molecule has 3 atom stereocenters. The number of ether oxygens (including phenoxy) is 1. The van der Waals surface area contributed by atoms with Crippen molar-refractivity contribution >= 4 is 10.9 Å². The van der Waals surface area contributed by atoms with Gasteiger partial charge >= 0.3 is 5.69 Å². The summed E-state index contributed by atoms with van der Waals surface area (Å²) in [6, 6.07) is 13.7. The van der Waals surface area contributed by atoms with E-state index in [2.05, 4.69) is 22.4 Å². The minimum Gasteiger partial charge on any atom is -0.496 e. The van der Waals surface area contributed by atoms with E-state index in [1.807, 2.05) is 18.2 Å². The molecular weight excluding hydrogens is 366 g/mol. The number of hydrogen-bond acceptors (Lipinski definition) is 4. The molecule has 2 heterocycles. The van der Waals surface area contributed by atoms with Crippen molar-refractivity contribution in [2.24, 2.45) is 5.92 Å². The van der Waals surface area contributed by atoms with Gasteiger partial charge in [0.2, 0.25) is 0 Å². The van der Waals surface area contributed by atoms with Crippen molar-refractivity contribution < 1.29 is 4.74 Å². The molecule has 1 aromatic heterocycles. The van der Waals surface area contributed by atoms with Crippen LogP contribution in [-0.2, 0) is 13.0 Å². The summed E-state index contributed by atoms with van der Waals surface area (Å²) in [7, 11) is 1.73. The average Bonchev–Trinajstić information content (AvgIpc) is 3.16. The molecule has 1 saturated heterocycles. The van der Waals surface area contributed by atoms with Crippen molar-refractivity contribution in [2.75, 3.05) is 13.7 Å². The molecule has 5 rings (SSSR count). The van der Waals surface area contributed by atoms with E-state index in [-0.39, 0.29) is 17.3 Å². The molecule has 1 unspecified atom stereocenters. The van der Waals surface area contributed by atoms with Crippen molar-refractivity contribution in [1.29, 1.82) is 0 Å². The van der Waals surface area contributed by atoms with Crippen molar-refractivity contribution in [3.05, 3.63) is 74.4 Å². The van der Waals surface area contributed by atoms with Crippen molar-refractivity contribution in [3.63, 3.8) is 0 Å². The molecule has 3 aromatic rings. The molecule has 150 valence electrons. The van der Waals surface area contributed by atoms with E-state index in [1.54, 1.807) is 19.2 Å². The first-order chi connectivity index (χ1) is 14.2. The van der Waals surface area contributed by atoms with Gasteiger partial charge < -0.3 is 15.0 Å². The van der Waals surface area contributed by atoms with Crippen molar-refractivity contribution in [1.82, 2.24) is 14.9 Å². The summed E-state index contributed by atoms with van der Waals surface area (Å²) in [6.07, 6.45) is 2.96. The maximum atomic E-state index is 12.8. The van der Waals surface area contributed by atoms with Crippen LogP contribution in [0.15, 0.2) is 52.1 Å². The molecule has 0 saturated carbocycles. The summed E-state index contributed by atoms with van der Waals surface area (Å²) in [5, 5.41) is 4.20. The van der Waals surface area contributed by atoms with Crippen LogP contribution < -0.4 is 21.3 Å². The normalized spacial score (nSPS) is 23.0. The van der Waals surface area contributed by atoms with Gasteiger partial charge in [-0.15, -0.1) is 0 Å². The van der Waals surface area contributed by atoms with Crippen molar-refractivity contribution in [3.8, 4) is 5.75 Å². The number of aromatic nitrogens is 2. The topological polar surface area (TPSA) is 76.1 Å². The minimum absolute atomic E-state index is 0.216. The molecule has 2 aliphatic rings. The summed E-state index contributed by atoms with van der Waals surface area (Å²) in [6.45, 7) is 1.36. The number of para-hydroxylation sites is 1. The van der Waals surface area contributed by atoms with Crippen LogP contribution in [0.3, 0.4) is 0 Å². The maximum absolute atomic E-state index is 12.8. The van der Waals surface area contributed by atoms with Crippen molar-refractivity contribution in [2.45, 2.75) is 37.8 Å². The van der Waals surface area contributed by atoms with Crippen LogP contribution in [0.4, 0.5) is 0 Å². The van der Waals surface area contributed by atoms with Crippen LogP contribution in [0, 0.1) is 5.92 Å². The number of nitrogens with one attached hydrogen (secondary N) is 2. The van der Waals surface area contributed by atoms with Crippen LogP contribution >= 0.6 is 0 Å². The second kappa shape index (κ2) is 7.19. The highest BCUT2D eigenvalue weighted by molar-refractivity contribution is 5.76. The fourth-order valence-electron chi connectivity index (χ4n) is 5.26. The Morgan fingerprint density at radius 1 is 1.14 bits per heavy atom. The van der Waals surface area contributed by atoms with Crippen LogP contribution in [-0.4, -0.2) is 29.2 Å². The van der Waals surface area contributed by atoms with Gasteiger partial charge in [-0.05, 0) is 55.5 Å². The number of nitrogens with zero attached hydrogens (tertiary/aromatic N) is 1. The minimum atomic E-state index is -0.343.